The molecule has 2 amide bonds. The number of thioether (sulfide) groups is 1. The van der Waals surface area contributed by atoms with Crippen molar-refractivity contribution in [1.82, 2.24) is 0 Å². The van der Waals surface area contributed by atoms with Gasteiger partial charge in [0.25, 0.3) is 5.91 Å². The van der Waals surface area contributed by atoms with Gasteiger partial charge in [0.1, 0.15) is 16.7 Å². The second-order valence-corrected chi connectivity index (χ2v) is 10.1. The van der Waals surface area contributed by atoms with E-state index in [9.17, 15) is 14.9 Å². The molecule has 4 rings (SSSR count). The molecular formula is C27H22BrN3O2S. The second kappa shape index (κ2) is 10.3. The lowest BCUT2D eigenvalue weighted by molar-refractivity contribution is -0.117. The van der Waals surface area contributed by atoms with Crippen molar-refractivity contribution in [3.8, 4) is 6.07 Å². The van der Waals surface area contributed by atoms with Crippen LogP contribution in [0.1, 0.15) is 16.7 Å². The number of hydrogen-bond donors (Lipinski definition) is 1. The molecule has 170 valence electrons. The first-order valence-electron chi connectivity index (χ1n) is 10.7. The van der Waals surface area contributed by atoms with Crippen LogP contribution in [0.2, 0.25) is 0 Å². The van der Waals surface area contributed by atoms with Crippen LogP contribution in [0.25, 0.3) is 0 Å². The van der Waals surface area contributed by atoms with Crippen molar-refractivity contribution in [2.45, 2.75) is 25.5 Å². The van der Waals surface area contributed by atoms with Gasteiger partial charge in [-0.1, -0.05) is 69.7 Å². The minimum Gasteiger partial charge on any atom is -0.321 e. The van der Waals surface area contributed by atoms with Crippen molar-refractivity contribution >= 4 is 50.9 Å². The predicted molar refractivity (Wildman–Crippen MR) is 140 cm³/mol. The Balaban J connectivity index is 1.73. The summed E-state index contributed by atoms with van der Waals surface area (Å²) in [4.78, 5) is 28.2. The molecule has 0 aliphatic carbocycles. The van der Waals surface area contributed by atoms with Crippen molar-refractivity contribution in [3.05, 3.63) is 105 Å². The van der Waals surface area contributed by atoms with E-state index < -0.39 is 11.2 Å². The minimum absolute atomic E-state index is 0.0888. The summed E-state index contributed by atoms with van der Waals surface area (Å²) in [5.74, 6) is -0.693. The van der Waals surface area contributed by atoms with Crippen LogP contribution in [0.5, 0.6) is 0 Å². The quantitative estimate of drug-likeness (QED) is 0.317. The van der Waals surface area contributed by atoms with E-state index in [1.54, 1.807) is 24.3 Å². The Kier molecular flexibility index (Phi) is 7.20. The highest BCUT2D eigenvalue weighted by Crippen LogP contribution is 2.42. The number of carbonyl (C=O) groups is 2. The Hall–Kier alpha value is -3.34. The number of amides is 2. The monoisotopic (exact) mass is 531 g/mol. The van der Waals surface area contributed by atoms with Crippen LogP contribution >= 0.6 is 27.7 Å². The zero-order valence-corrected chi connectivity index (χ0v) is 21.1. The van der Waals surface area contributed by atoms with Crippen LogP contribution in [0.3, 0.4) is 0 Å². The molecule has 7 heteroatoms. The summed E-state index contributed by atoms with van der Waals surface area (Å²) in [6.07, 6.45) is 0.505. The van der Waals surface area contributed by atoms with Crippen LogP contribution in [-0.4, -0.2) is 17.1 Å². The summed E-state index contributed by atoms with van der Waals surface area (Å²) < 4.78 is 0.871. The number of anilines is 2. The van der Waals surface area contributed by atoms with Crippen molar-refractivity contribution in [3.63, 3.8) is 0 Å². The van der Waals surface area contributed by atoms with E-state index in [4.69, 9.17) is 0 Å². The second-order valence-electron chi connectivity index (χ2n) is 8.00. The largest absolute Gasteiger partial charge is 0.321 e. The summed E-state index contributed by atoms with van der Waals surface area (Å²) in [6.45, 7) is 3.97. The van der Waals surface area contributed by atoms with Gasteiger partial charge in [0.15, 0.2) is 0 Å². The van der Waals surface area contributed by atoms with Crippen molar-refractivity contribution in [2.75, 3.05) is 10.2 Å². The number of hydrogen-bond acceptors (Lipinski definition) is 4. The Morgan fingerprint density at radius 1 is 1.06 bits per heavy atom. The highest BCUT2D eigenvalue weighted by atomic mass is 79.9. The first-order chi connectivity index (χ1) is 16.4. The van der Waals surface area contributed by atoms with Gasteiger partial charge < -0.3 is 5.32 Å². The van der Waals surface area contributed by atoms with E-state index in [0.717, 1.165) is 21.2 Å². The molecule has 1 atom stereocenters. The molecule has 1 saturated heterocycles. The van der Waals surface area contributed by atoms with E-state index in [0.29, 0.717) is 22.8 Å². The Morgan fingerprint density at radius 2 is 1.74 bits per heavy atom. The topological polar surface area (TPSA) is 73.2 Å². The maximum Gasteiger partial charge on any atom is 0.269 e. The highest BCUT2D eigenvalue weighted by molar-refractivity contribution is 9.10. The minimum atomic E-state index is -0.541. The Morgan fingerprint density at radius 3 is 2.38 bits per heavy atom. The molecule has 1 N–H and O–H groups in total. The van der Waals surface area contributed by atoms with E-state index >= 15 is 0 Å². The fraction of sp³-hybridized carbons (Fsp3) is 0.148. The highest BCUT2D eigenvalue weighted by Gasteiger charge is 2.41. The zero-order valence-electron chi connectivity index (χ0n) is 18.7. The predicted octanol–water partition coefficient (Wildman–Crippen LogP) is 6.13. The number of nitrogens with one attached hydrogen (secondary N) is 1. The van der Waals surface area contributed by atoms with Crippen LogP contribution in [0.4, 0.5) is 11.4 Å². The number of halogens is 1. The summed E-state index contributed by atoms with van der Waals surface area (Å²) in [5.41, 5.74) is 4.33. The molecule has 5 nitrogen and oxygen atoms in total. The molecule has 0 aromatic heterocycles. The molecule has 3 aromatic rings. The molecule has 0 spiro atoms. The van der Waals surface area contributed by atoms with Crippen molar-refractivity contribution < 1.29 is 9.59 Å². The van der Waals surface area contributed by atoms with Gasteiger partial charge in [-0.2, -0.15) is 5.26 Å². The number of carbonyl (C=O) groups excluding carboxylic acids is 2. The van der Waals surface area contributed by atoms with Crippen LogP contribution in [0.15, 0.2) is 87.9 Å². The summed E-state index contributed by atoms with van der Waals surface area (Å²) >= 11 is 4.68. The smallest absolute Gasteiger partial charge is 0.269 e. The molecule has 1 aliphatic heterocycles. The standard InChI is InChI=1S/C27H22BrN3O2S/c1-17-7-11-21(12-8-17)30-25(32)23(16-29)27-31(22-13-9-20(28)10-14-22)26(33)24(34-27)15-19-6-4-3-5-18(19)2/h3-14,24H,15H2,1-2H3,(H,30,32)/b27-23-. The Bertz CT molecular complexity index is 1310. The third-order valence-corrected chi connectivity index (χ3v) is 7.36. The van der Waals surface area contributed by atoms with E-state index in [-0.39, 0.29) is 11.5 Å². The average Bonchev–Trinajstić information content (AvgIpc) is 3.13. The molecule has 34 heavy (non-hydrogen) atoms. The molecular weight excluding hydrogens is 510 g/mol. The maximum absolute atomic E-state index is 13.6. The normalized spacial score (nSPS) is 16.8. The number of rotatable bonds is 5. The van der Waals surface area contributed by atoms with Gasteiger partial charge in [-0.3, -0.25) is 14.5 Å². The van der Waals surface area contributed by atoms with Gasteiger partial charge in [-0.15, -0.1) is 0 Å². The molecule has 0 radical (unpaired) electrons. The summed E-state index contributed by atoms with van der Waals surface area (Å²) in [6, 6.07) is 24.6. The molecule has 0 bridgehead atoms. The molecule has 1 fully saturated rings. The molecule has 1 heterocycles. The van der Waals surface area contributed by atoms with Crippen LogP contribution < -0.4 is 10.2 Å². The first-order valence-corrected chi connectivity index (χ1v) is 12.4. The van der Waals surface area contributed by atoms with Crippen molar-refractivity contribution in [2.24, 2.45) is 0 Å². The maximum atomic E-state index is 13.6. The van der Waals surface area contributed by atoms with E-state index in [1.165, 1.54) is 16.7 Å². The van der Waals surface area contributed by atoms with E-state index in [2.05, 4.69) is 21.2 Å². The molecule has 3 aromatic carbocycles. The van der Waals surface area contributed by atoms with Crippen molar-refractivity contribution in [1.29, 1.82) is 5.26 Å². The summed E-state index contributed by atoms with van der Waals surface area (Å²) in [5, 5.41) is 12.7. The zero-order chi connectivity index (χ0) is 24.2. The van der Waals surface area contributed by atoms with Crippen LogP contribution in [0, 0.1) is 25.2 Å². The fourth-order valence-electron chi connectivity index (χ4n) is 3.68. The van der Waals surface area contributed by atoms with Gasteiger partial charge in [-0.05, 0) is 67.8 Å². The lowest BCUT2D eigenvalue weighted by atomic mass is 10.0. The van der Waals surface area contributed by atoms with Gasteiger partial charge >= 0.3 is 0 Å². The average molecular weight is 532 g/mol. The van der Waals surface area contributed by atoms with Gasteiger partial charge in [0.2, 0.25) is 5.91 Å². The third kappa shape index (κ3) is 5.09. The van der Waals surface area contributed by atoms with Gasteiger partial charge in [0, 0.05) is 15.8 Å². The SMILES string of the molecule is Cc1ccc(NC(=O)/C(C#N)=C2\SC(Cc3ccccc3C)C(=O)N2c2ccc(Br)cc2)cc1. The van der Waals surface area contributed by atoms with Crippen LogP contribution in [-0.2, 0) is 16.0 Å². The van der Waals surface area contributed by atoms with Gasteiger partial charge in [-0.25, -0.2) is 0 Å². The number of nitrogens with zero attached hydrogens (tertiary/aromatic N) is 2. The molecule has 1 unspecified atom stereocenters. The number of benzene rings is 3. The molecule has 1 aliphatic rings. The number of aryl methyl sites for hydroxylation is 2. The number of nitriles is 1. The molecule has 0 saturated carbocycles. The first kappa shape index (κ1) is 23.8. The van der Waals surface area contributed by atoms with Gasteiger partial charge in [0.05, 0.1) is 5.25 Å². The van der Waals surface area contributed by atoms with E-state index in [1.807, 2.05) is 68.4 Å². The lowest BCUT2D eigenvalue weighted by Crippen LogP contribution is -2.31. The Labute approximate surface area is 211 Å². The summed E-state index contributed by atoms with van der Waals surface area (Å²) in [7, 11) is 0. The lowest BCUT2D eigenvalue weighted by Gasteiger charge is -2.19. The fourth-order valence-corrected chi connectivity index (χ4v) is 5.24. The third-order valence-electron chi connectivity index (χ3n) is 5.57.